The molecule has 0 saturated carbocycles. The van der Waals surface area contributed by atoms with Crippen LogP contribution in [-0.2, 0) is 11.8 Å². The summed E-state index contributed by atoms with van der Waals surface area (Å²) in [5.74, 6) is 1.24. The summed E-state index contributed by atoms with van der Waals surface area (Å²) in [6.07, 6.45) is 4.70. The second-order valence-corrected chi connectivity index (χ2v) is 7.88. The number of hydrogen-bond donors (Lipinski definition) is 0. The Balaban J connectivity index is 1.76. The molecule has 0 bridgehead atoms. The highest BCUT2D eigenvalue weighted by atomic mass is 32.2. The summed E-state index contributed by atoms with van der Waals surface area (Å²) in [4.78, 5) is 1.48. The third-order valence-electron chi connectivity index (χ3n) is 4.83. The molecule has 4 rings (SSSR count). The zero-order chi connectivity index (χ0) is 14.4. The Labute approximate surface area is 131 Å². The van der Waals surface area contributed by atoms with Gasteiger partial charge in [-0.05, 0) is 64.0 Å². The predicted molar refractivity (Wildman–Crippen MR) is 92.8 cm³/mol. The highest BCUT2D eigenvalue weighted by molar-refractivity contribution is 7.99. The van der Waals surface area contributed by atoms with Crippen molar-refractivity contribution in [2.75, 3.05) is 5.75 Å². The van der Waals surface area contributed by atoms with E-state index < -0.39 is 0 Å². The molecule has 1 heteroatoms. The molecule has 1 heterocycles. The third kappa shape index (κ3) is 2.24. The molecule has 0 amide bonds. The van der Waals surface area contributed by atoms with Crippen molar-refractivity contribution in [3.8, 4) is 0 Å². The van der Waals surface area contributed by atoms with Crippen molar-refractivity contribution in [1.82, 2.24) is 0 Å². The van der Waals surface area contributed by atoms with E-state index in [0.717, 1.165) is 6.42 Å². The Morgan fingerprint density at radius 1 is 1.05 bits per heavy atom. The van der Waals surface area contributed by atoms with Crippen LogP contribution in [-0.4, -0.2) is 5.75 Å². The van der Waals surface area contributed by atoms with Crippen LogP contribution in [0.1, 0.15) is 42.5 Å². The van der Waals surface area contributed by atoms with Gasteiger partial charge in [-0.1, -0.05) is 50.3 Å². The van der Waals surface area contributed by atoms with Gasteiger partial charge in [-0.15, -0.1) is 11.8 Å². The molecule has 0 unspecified atom stereocenters. The summed E-state index contributed by atoms with van der Waals surface area (Å²) in [6, 6.07) is 15.8. The first-order valence-corrected chi connectivity index (χ1v) is 8.68. The molecule has 1 aliphatic carbocycles. The van der Waals surface area contributed by atoms with Crippen LogP contribution >= 0.6 is 11.8 Å². The Kier molecular flexibility index (Phi) is 3.00. The van der Waals surface area contributed by atoms with Crippen molar-refractivity contribution in [1.29, 1.82) is 0 Å². The van der Waals surface area contributed by atoms with Crippen molar-refractivity contribution in [2.24, 2.45) is 0 Å². The van der Waals surface area contributed by atoms with Crippen LogP contribution in [0.15, 0.2) is 47.4 Å². The zero-order valence-electron chi connectivity index (χ0n) is 12.6. The minimum atomic E-state index is 0.308. The van der Waals surface area contributed by atoms with Gasteiger partial charge >= 0.3 is 0 Å². The van der Waals surface area contributed by atoms with Crippen LogP contribution in [0.5, 0.6) is 0 Å². The monoisotopic (exact) mass is 292 g/mol. The van der Waals surface area contributed by atoms with E-state index in [1.165, 1.54) is 44.9 Å². The number of fused-ring (bicyclic) bond motifs is 2. The average molecular weight is 292 g/mol. The minimum Gasteiger partial charge on any atom is -0.126 e. The van der Waals surface area contributed by atoms with E-state index in [-0.39, 0.29) is 0 Å². The fraction of sp³-hybridized carbons (Fsp3) is 0.300. The molecule has 0 atom stereocenters. The Bertz CT molecular complexity index is 737. The van der Waals surface area contributed by atoms with Gasteiger partial charge in [0, 0.05) is 4.90 Å². The van der Waals surface area contributed by atoms with E-state index in [1.54, 1.807) is 0 Å². The van der Waals surface area contributed by atoms with Crippen molar-refractivity contribution in [3.05, 3.63) is 64.7 Å². The Morgan fingerprint density at radius 2 is 1.90 bits per heavy atom. The maximum atomic E-state index is 2.44. The van der Waals surface area contributed by atoms with Gasteiger partial charge in [0.1, 0.15) is 0 Å². The SMILES string of the molecule is CC1(C)CCSc2ccc(C3=Cc4ccccc4C3)cc21. The average Bonchev–Trinajstić information content (AvgIpc) is 2.91. The summed E-state index contributed by atoms with van der Waals surface area (Å²) in [7, 11) is 0. The van der Waals surface area contributed by atoms with Crippen molar-refractivity contribution < 1.29 is 0 Å². The summed E-state index contributed by atoms with van der Waals surface area (Å²) >= 11 is 2.01. The lowest BCUT2D eigenvalue weighted by Crippen LogP contribution is -2.22. The molecule has 1 aliphatic heterocycles. The van der Waals surface area contributed by atoms with E-state index in [9.17, 15) is 0 Å². The Morgan fingerprint density at radius 3 is 2.76 bits per heavy atom. The number of rotatable bonds is 1. The van der Waals surface area contributed by atoms with E-state index in [2.05, 4.69) is 62.4 Å². The zero-order valence-corrected chi connectivity index (χ0v) is 13.5. The quantitative estimate of drug-likeness (QED) is 0.663. The first kappa shape index (κ1) is 13.2. The van der Waals surface area contributed by atoms with Crippen LogP contribution in [0.25, 0.3) is 11.6 Å². The van der Waals surface area contributed by atoms with Crippen LogP contribution in [0.4, 0.5) is 0 Å². The molecule has 21 heavy (non-hydrogen) atoms. The lowest BCUT2D eigenvalue weighted by atomic mass is 9.80. The van der Waals surface area contributed by atoms with E-state index >= 15 is 0 Å². The molecule has 2 aromatic rings. The minimum absolute atomic E-state index is 0.308. The molecule has 2 aliphatic rings. The lowest BCUT2D eigenvalue weighted by Gasteiger charge is -2.32. The van der Waals surface area contributed by atoms with Gasteiger partial charge in [-0.25, -0.2) is 0 Å². The second-order valence-electron chi connectivity index (χ2n) is 6.74. The fourth-order valence-corrected chi connectivity index (χ4v) is 4.89. The van der Waals surface area contributed by atoms with Gasteiger partial charge in [0.25, 0.3) is 0 Å². The smallest absolute Gasteiger partial charge is 0.0110 e. The van der Waals surface area contributed by atoms with E-state index in [0.29, 0.717) is 5.41 Å². The molecule has 0 nitrogen and oxygen atoms in total. The highest BCUT2D eigenvalue weighted by Gasteiger charge is 2.28. The van der Waals surface area contributed by atoms with E-state index in [4.69, 9.17) is 0 Å². The Hall–Kier alpha value is -1.47. The lowest BCUT2D eigenvalue weighted by molar-refractivity contribution is 0.494. The highest BCUT2D eigenvalue weighted by Crippen LogP contribution is 2.43. The summed E-state index contributed by atoms with van der Waals surface area (Å²) < 4.78 is 0. The number of benzene rings is 2. The van der Waals surface area contributed by atoms with Gasteiger partial charge in [0.05, 0.1) is 0 Å². The maximum absolute atomic E-state index is 2.44. The molecule has 106 valence electrons. The molecule has 0 radical (unpaired) electrons. The molecular weight excluding hydrogens is 272 g/mol. The maximum Gasteiger partial charge on any atom is 0.0110 e. The van der Waals surface area contributed by atoms with Crippen LogP contribution in [0.3, 0.4) is 0 Å². The topological polar surface area (TPSA) is 0 Å². The molecule has 0 saturated heterocycles. The number of hydrogen-bond acceptors (Lipinski definition) is 1. The predicted octanol–water partition coefficient (Wildman–Crippen LogP) is 5.56. The van der Waals surface area contributed by atoms with Crippen molar-refractivity contribution in [2.45, 2.75) is 37.0 Å². The molecule has 2 aromatic carbocycles. The summed E-state index contributed by atoms with van der Waals surface area (Å²) in [6.45, 7) is 4.76. The number of thioether (sulfide) groups is 1. The van der Waals surface area contributed by atoms with Crippen LogP contribution < -0.4 is 0 Å². The molecule has 0 fully saturated rings. The van der Waals surface area contributed by atoms with Crippen LogP contribution in [0, 0.1) is 0 Å². The normalized spacial score (nSPS) is 18.9. The third-order valence-corrected chi connectivity index (χ3v) is 5.91. The van der Waals surface area contributed by atoms with Gasteiger partial charge in [0.2, 0.25) is 0 Å². The largest absolute Gasteiger partial charge is 0.126 e. The first-order valence-electron chi connectivity index (χ1n) is 7.70. The van der Waals surface area contributed by atoms with Crippen LogP contribution in [0.2, 0.25) is 0 Å². The van der Waals surface area contributed by atoms with Gasteiger partial charge < -0.3 is 0 Å². The summed E-state index contributed by atoms with van der Waals surface area (Å²) in [5.41, 5.74) is 7.56. The first-order chi connectivity index (χ1) is 10.1. The molecule has 0 N–H and O–H groups in total. The van der Waals surface area contributed by atoms with Crippen molar-refractivity contribution >= 4 is 23.4 Å². The van der Waals surface area contributed by atoms with Gasteiger partial charge in [0.15, 0.2) is 0 Å². The second kappa shape index (κ2) is 4.78. The van der Waals surface area contributed by atoms with E-state index in [1.807, 2.05) is 11.8 Å². The molecule has 0 aromatic heterocycles. The standard InChI is InChI=1S/C20H20S/c1-20(2)9-10-21-19-8-7-16(13-18(19)20)17-11-14-5-3-4-6-15(14)12-17/h3-8,11,13H,9-10,12H2,1-2H3. The van der Waals surface area contributed by atoms with Gasteiger partial charge in [-0.3, -0.25) is 0 Å². The molecular formula is C20H20S. The van der Waals surface area contributed by atoms with Crippen molar-refractivity contribution in [3.63, 3.8) is 0 Å². The summed E-state index contributed by atoms with van der Waals surface area (Å²) in [5, 5.41) is 0. The van der Waals surface area contributed by atoms with Gasteiger partial charge in [-0.2, -0.15) is 0 Å². The fourth-order valence-electron chi connectivity index (χ4n) is 3.40. The molecule has 0 spiro atoms. The number of allylic oxidation sites excluding steroid dienone is 1.